The zero-order valence-corrected chi connectivity index (χ0v) is 18.5. The fourth-order valence-corrected chi connectivity index (χ4v) is 4.71. The second-order valence-corrected chi connectivity index (χ2v) is 8.51. The van der Waals surface area contributed by atoms with Crippen LogP contribution >= 0.6 is 11.8 Å². The van der Waals surface area contributed by atoms with Gasteiger partial charge in [0.1, 0.15) is 0 Å². The summed E-state index contributed by atoms with van der Waals surface area (Å²) in [6.07, 6.45) is 5.39. The molecule has 0 atom stereocenters. The number of aromatic nitrogens is 3. The zero-order valence-electron chi connectivity index (χ0n) is 17.7. The number of carbonyl (C=O) groups excluding carboxylic acids is 1. The minimum absolute atomic E-state index is 0.127. The number of hydrogen-bond acceptors (Lipinski definition) is 6. The molecule has 160 valence electrons. The van der Waals surface area contributed by atoms with Gasteiger partial charge in [-0.05, 0) is 45.2 Å². The van der Waals surface area contributed by atoms with Gasteiger partial charge in [0.25, 0.3) is 0 Å². The van der Waals surface area contributed by atoms with Crippen LogP contribution in [0, 0.1) is 6.92 Å². The average Bonchev–Trinajstić information content (AvgIpc) is 3.44. The lowest BCUT2D eigenvalue weighted by Gasteiger charge is -2.28. The third kappa shape index (κ3) is 4.54. The van der Waals surface area contributed by atoms with Crippen molar-refractivity contribution in [2.75, 3.05) is 43.5 Å². The Bertz CT molecular complexity index is 903. The van der Waals surface area contributed by atoms with Crippen LogP contribution in [0.25, 0.3) is 5.69 Å². The fourth-order valence-electron chi connectivity index (χ4n) is 3.89. The minimum Gasteiger partial charge on any atom is -0.378 e. The van der Waals surface area contributed by atoms with E-state index < -0.39 is 0 Å². The molecule has 1 aliphatic heterocycles. The number of benzene rings is 1. The third-order valence-electron chi connectivity index (χ3n) is 5.51. The topological polar surface area (TPSA) is 63.5 Å². The lowest BCUT2D eigenvalue weighted by molar-refractivity contribution is -0.126. The summed E-state index contributed by atoms with van der Waals surface area (Å²) in [5.41, 5.74) is 3.37. The molecule has 0 radical (unpaired) electrons. The van der Waals surface area contributed by atoms with Gasteiger partial charge in [-0.3, -0.25) is 9.36 Å². The highest BCUT2D eigenvalue weighted by atomic mass is 32.2. The second kappa shape index (κ2) is 9.66. The Morgan fingerprint density at radius 1 is 1.20 bits per heavy atom. The van der Waals surface area contributed by atoms with E-state index in [9.17, 15) is 4.79 Å². The first-order chi connectivity index (χ1) is 14.7. The summed E-state index contributed by atoms with van der Waals surface area (Å²) in [7, 11) is 0. The van der Waals surface area contributed by atoms with Gasteiger partial charge in [-0.15, -0.1) is 10.2 Å². The first-order valence-corrected chi connectivity index (χ1v) is 11.6. The summed E-state index contributed by atoms with van der Waals surface area (Å²) in [6.45, 7) is 7.74. The van der Waals surface area contributed by atoms with E-state index in [1.165, 1.54) is 17.3 Å². The predicted molar refractivity (Wildman–Crippen MR) is 119 cm³/mol. The van der Waals surface area contributed by atoms with Crippen LogP contribution in [0.2, 0.25) is 0 Å². The van der Waals surface area contributed by atoms with Crippen LogP contribution in [0.1, 0.15) is 31.7 Å². The van der Waals surface area contributed by atoms with Crippen LogP contribution in [0.15, 0.2) is 41.2 Å². The predicted octanol–water partition coefficient (Wildman–Crippen LogP) is 3.42. The molecule has 2 aliphatic rings. The molecule has 4 rings (SSSR count). The number of rotatable bonds is 7. The van der Waals surface area contributed by atoms with Gasteiger partial charge in [0, 0.05) is 25.3 Å². The monoisotopic (exact) mass is 427 g/mol. The Labute approximate surface area is 182 Å². The van der Waals surface area contributed by atoms with Crippen LogP contribution in [-0.2, 0) is 9.53 Å². The highest BCUT2D eigenvalue weighted by Crippen LogP contribution is 2.28. The van der Waals surface area contributed by atoms with Gasteiger partial charge in [-0.25, -0.2) is 0 Å². The molecule has 2 heterocycles. The fraction of sp³-hybridized carbons (Fsp3) is 0.500. The molecule has 0 bridgehead atoms. The zero-order chi connectivity index (χ0) is 20.9. The molecular formula is C22H29N5O2S. The lowest BCUT2D eigenvalue weighted by Crippen LogP contribution is -2.37. The SMILES string of the molecule is CCN(C(=O)CSc1nnc(N2CCOCC2)n1-c1ccc(C)cc1)C1=CCCC1. The van der Waals surface area contributed by atoms with Crippen molar-refractivity contribution in [2.45, 2.75) is 38.3 Å². The van der Waals surface area contributed by atoms with E-state index in [0.717, 1.165) is 54.8 Å². The van der Waals surface area contributed by atoms with E-state index in [1.807, 2.05) is 11.8 Å². The molecule has 7 nitrogen and oxygen atoms in total. The molecule has 1 amide bonds. The number of nitrogens with zero attached hydrogens (tertiary/aromatic N) is 5. The number of allylic oxidation sites excluding steroid dienone is 2. The Kier molecular flexibility index (Phi) is 6.74. The smallest absolute Gasteiger partial charge is 0.237 e. The third-order valence-corrected chi connectivity index (χ3v) is 6.42. The summed E-state index contributed by atoms with van der Waals surface area (Å²) in [5.74, 6) is 1.28. The van der Waals surface area contributed by atoms with Gasteiger partial charge in [-0.1, -0.05) is 35.5 Å². The van der Waals surface area contributed by atoms with Crippen LogP contribution in [0.4, 0.5) is 5.95 Å². The molecule has 1 aliphatic carbocycles. The quantitative estimate of drug-likeness (QED) is 0.631. The van der Waals surface area contributed by atoms with E-state index in [0.29, 0.717) is 25.5 Å². The molecule has 2 aromatic rings. The number of ether oxygens (including phenoxy) is 1. The van der Waals surface area contributed by atoms with E-state index in [1.54, 1.807) is 0 Å². The second-order valence-electron chi connectivity index (χ2n) is 7.57. The maximum absolute atomic E-state index is 12.9. The van der Waals surface area contributed by atoms with Gasteiger partial charge >= 0.3 is 0 Å². The molecule has 0 saturated carbocycles. The number of aryl methyl sites for hydroxylation is 1. The molecule has 1 aromatic heterocycles. The largest absolute Gasteiger partial charge is 0.378 e. The first kappa shape index (κ1) is 20.9. The average molecular weight is 428 g/mol. The minimum atomic E-state index is 0.127. The summed E-state index contributed by atoms with van der Waals surface area (Å²) < 4.78 is 7.56. The number of hydrogen-bond donors (Lipinski definition) is 0. The summed E-state index contributed by atoms with van der Waals surface area (Å²) in [5, 5.41) is 9.68. The lowest BCUT2D eigenvalue weighted by atomic mass is 10.2. The summed E-state index contributed by atoms with van der Waals surface area (Å²) in [4.78, 5) is 17.0. The van der Waals surface area contributed by atoms with Crippen molar-refractivity contribution in [3.63, 3.8) is 0 Å². The molecule has 1 fully saturated rings. The van der Waals surface area contributed by atoms with Crippen molar-refractivity contribution >= 4 is 23.6 Å². The number of amides is 1. The number of morpholine rings is 1. The Balaban J connectivity index is 1.57. The molecule has 0 spiro atoms. The van der Waals surface area contributed by atoms with Crippen LogP contribution in [-0.4, -0.2) is 64.2 Å². The van der Waals surface area contributed by atoms with Crippen molar-refractivity contribution < 1.29 is 9.53 Å². The van der Waals surface area contributed by atoms with E-state index in [2.05, 4.69) is 56.9 Å². The van der Waals surface area contributed by atoms with Gasteiger partial charge in [0.15, 0.2) is 5.16 Å². The first-order valence-electron chi connectivity index (χ1n) is 10.6. The molecule has 1 saturated heterocycles. The van der Waals surface area contributed by atoms with Crippen molar-refractivity contribution in [3.05, 3.63) is 41.6 Å². The van der Waals surface area contributed by atoms with E-state index in [4.69, 9.17) is 4.74 Å². The van der Waals surface area contributed by atoms with Gasteiger partial charge in [-0.2, -0.15) is 0 Å². The van der Waals surface area contributed by atoms with Gasteiger partial charge < -0.3 is 14.5 Å². The van der Waals surface area contributed by atoms with Crippen molar-refractivity contribution in [1.29, 1.82) is 0 Å². The summed E-state index contributed by atoms with van der Waals surface area (Å²) >= 11 is 1.45. The standard InChI is InChI=1S/C22H29N5O2S/c1-3-26(18-6-4-5-7-18)20(28)16-30-22-24-23-21(25-12-14-29-15-13-25)27(22)19-10-8-17(2)9-11-19/h6,8-11H,3-5,7,12-16H2,1-2H3. The van der Waals surface area contributed by atoms with Crippen molar-refractivity contribution in [2.24, 2.45) is 0 Å². The van der Waals surface area contributed by atoms with Gasteiger partial charge in [0.05, 0.1) is 24.7 Å². The molecule has 0 unspecified atom stereocenters. The van der Waals surface area contributed by atoms with Crippen molar-refractivity contribution in [3.8, 4) is 5.69 Å². The van der Waals surface area contributed by atoms with Crippen molar-refractivity contribution in [1.82, 2.24) is 19.7 Å². The Morgan fingerprint density at radius 2 is 1.97 bits per heavy atom. The maximum Gasteiger partial charge on any atom is 0.237 e. The number of carbonyl (C=O) groups is 1. The maximum atomic E-state index is 12.9. The molecular weight excluding hydrogens is 398 g/mol. The Morgan fingerprint density at radius 3 is 2.63 bits per heavy atom. The molecule has 8 heteroatoms. The van der Waals surface area contributed by atoms with Crippen LogP contribution in [0.5, 0.6) is 0 Å². The molecule has 0 N–H and O–H groups in total. The van der Waals surface area contributed by atoms with E-state index >= 15 is 0 Å². The molecule has 30 heavy (non-hydrogen) atoms. The van der Waals surface area contributed by atoms with Crippen LogP contribution < -0.4 is 4.90 Å². The van der Waals surface area contributed by atoms with Crippen LogP contribution in [0.3, 0.4) is 0 Å². The highest BCUT2D eigenvalue weighted by molar-refractivity contribution is 7.99. The highest BCUT2D eigenvalue weighted by Gasteiger charge is 2.24. The van der Waals surface area contributed by atoms with Gasteiger partial charge in [0.2, 0.25) is 11.9 Å². The number of anilines is 1. The summed E-state index contributed by atoms with van der Waals surface area (Å²) in [6, 6.07) is 8.33. The normalized spacial score (nSPS) is 16.6. The molecule has 1 aromatic carbocycles. The Hall–Kier alpha value is -2.32. The number of thioether (sulfide) groups is 1. The van der Waals surface area contributed by atoms with E-state index in [-0.39, 0.29) is 5.91 Å².